The number of anilines is 6. The molecule has 2 aliphatic heterocycles. The maximum atomic E-state index is 15.8. The molecule has 0 spiro atoms. The Hall–Kier alpha value is -7.78. The van der Waals surface area contributed by atoms with Crippen molar-refractivity contribution >= 4 is 80.4 Å². The number of rotatable bonds is 16. The van der Waals surface area contributed by atoms with Crippen molar-refractivity contribution in [3.05, 3.63) is 152 Å². The Morgan fingerprint density at radius 3 is 1.45 bits per heavy atom. The molecule has 2 atom stereocenters. The van der Waals surface area contributed by atoms with E-state index in [0.29, 0.717) is 68.2 Å². The van der Waals surface area contributed by atoms with Gasteiger partial charge in [0.15, 0.2) is 11.6 Å². The Balaban J connectivity index is 0.000000190. The number of benzene rings is 4. The molecule has 4 aromatic carbocycles. The number of nitrogens with zero attached hydrogens (tertiary/aromatic N) is 10. The zero-order valence-corrected chi connectivity index (χ0v) is 51.0. The van der Waals surface area contributed by atoms with E-state index < -0.39 is 35.3 Å². The van der Waals surface area contributed by atoms with Gasteiger partial charge in [-0.2, -0.15) is 0 Å². The predicted molar refractivity (Wildman–Crippen MR) is 334 cm³/mol. The Kier molecular flexibility index (Phi) is 18.1. The van der Waals surface area contributed by atoms with Gasteiger partial charge >= 0.3 is 0 Å². The lowest BCUT2D eigenvalue weighted by atomic mass is 9.95. The first-order valence-electron chi connectivity index (χ1n) is 28.9. The van der Waals surface area contributed by atoms with Gasteiger partial charge in [-0.15, -0.1) is 0 Å². The summed E-state index contributed by atoms with van der Waals surface area (Å²) in [7, 11) is 2.10. The van der Waals surface area contributed by atoms with Crippen LogP contribution >= 0.6 is 23.2 Å². The summed E-state index contributed by atoms with van der Waals surface area (Å²) in [6, 6.07) is 18.3. The van der Waals surface area contributed by atoms with E-state index in [1.165, 1.54) is 31.5 Å². The van der Waals surface area contributed by atoms with Gasteiger partial charge in [0.1, 0.15) is 56.9 Å². The average molecular weight is 1200 g/mol. The SMILES string of the molecule is Cc1nc(C(C)c2cc(Cl)c(F)c(C(=O)Nc3cccc(N4CCN(C)CC4)c3)c2OC(C)C)n2ccnc(N)c12.Cc1nc(C(C)c2cc(Cl)c(F)c(C(=O)Nc3cccc(N4CCN(CC5CC5)CC4)c3)c2OC(C)C)n2ccnc(N)c12. The van der Waals surface area contributed by atoms with E-state index in [0.717, 1.165) is 69.7 Å². The van der Waals surface area contributed by atoms with Crippen LogP contribution < -0.4 is 41.4 Å². The number of nitrogen functional groups attached to an aromatic ring is 2. The molecule has 2 unspecified atom stereocenters. The Labute approximate surface area is 504 Å². The fourth-order valence-electron chi connectivity index (χ4n) is 11.3. The van der Waals surface area contributed by atoms with Crippen LogP contribution in [0.15, 0.2) is 85.5 Å². The van der Waals surface area contributed by atoms with E-state index in [1.54, 1.807) is 36.9 Å². The van der Waals surface area contributed by atoms with Crippen molar-refractivity contribution in [1.82, 2.24) is 38.5 Å². The molecule has 0 radical (unpaired) electrons. The highest BCUT2D eigenvalue weighted by molar-refractivity contribution is 6.32. The lowest BCUT2D eigenvalue weighted by Crippen LogP contribution is -2.47. The van der Waals surface area contributed by atoms with Crippen LogP contribution in [0.5, 0.6) is 11.5 Å². The molecule has 85 heavy (non-hydrogen) atoms. The molecule has 11 rings (SSSR count). The molecule has 2 amide bonds. The fourth-order valence-corrected chi connectivity index (χ4v) is 11.7. The summed E-state index contributed by atoms with van der Waals surface area (Å²) in [4.78, 5) is 54.9. The Morgan fingerprint density at radius 1 is 0.635 bits per heavy atom. The van der Waals surface area contributed by atoms with Gasteiger partial charge in [-0.25, -0.2) is 28.7 Å². The second kappa shape index (κ2) is 25.4. The minimum Gasteiger partial charge on any atom is -0.490 e. The summed E-state index contributed by atoms with van der Waals surface area (Å²) in [5, 5.41) is 5.43. The van der Waals surface area contributed by atoms with Gasteiger partial charge in [0, 0.05) is 129 Å². The van der Waals surface area contributed by atoms with Crippen LogP contribution in [0, 0.1) is 31.4 Å². The molecule has 1 aliphatic carbocycles. The number of fused-ring (bicyclic) bond motifs is 2. The molecule has 18 nitrogen and oxygen atoms in total. The van der Waals surface area contributed by atoms with Crippen LogP contribution in [-0.2, 0) is 0 Å². The molecule has 6 heterocycles. The largest absolute Gasteiger partial charge is 0.490 e. The summed E-state index contributed by atoms with van der Waals surface area (Å²) >= 11 is 12.9. The smallest absolute Gasteiger partial charge is 0.262 e. The molecule has 4 aromatic heterocycles. The normalized spacial score (nSPS) is 15.8. The van der Waals surface area contributed by atoms with E-state index >= 15 is 8.78 Å². The number of piperazine rings is 2. The summed E-state index contributed by atoms with van der Waals surface area (Å²) in [5.41, 5.74) is 18.8. The van der Waals surface area contributed by atoms with Crippen LogP contribution in [0.3, 0.4) is 0 Å². The lowest BCUT2D eigenvalue weighted by molar-refractivity contribution is 0.100. The Bertz CT molecular complexity index is 3780. The highest BCUT2D eigenvalue weighted by atomic mass is 35.5. The molecule has 22 heteroatoms. The van der Waals surface area contributed by atoms with Crippen molar-refractivity contribution in [2.75, 3.05) is 97.9 Å². The minimum absolute atomic E-state index is 0.124. The number of nitrogens with two attached hydrogens (primary N) is 2. The number of aromatic nitrogens is 6. The second-order valence-corrected chi connectivity index (χ2v) is 23.7. The fraction of sp³-hybridized carbons (Fsp3) is 0.397. The zero-order valence-electron chi connectivity index (χ0n) is 49.5. The van der Waals surface area contributed by atoms with Crippen molar-refractivity contribution in [2.24, 2.45) is 5.92 Å². The molecule has 1 saturated carbocycles. The van der Waals surface area contributed by atoms with Crippen LogP contribution in [0.2, 0.25) is 10.0 Å². The van der Waals surface area contributed by atoms with Crippen LogP contribution in [0.4, 0.5) is 43.2 Å². The number of hydrogen-bond donors (Lipinski definition) is 4. The maximum Gasteiger partial charge on any atom is 0.262 e. The molecule has 8 aromatic rings. The number of likely N-dealkylation sites (N-methyl/N-ethyl adjacent to an activating group) is 1. The number of nitrogens with one attached hydrogen (secondary N) is 2. The van der Waals surface area contributed by atoms with Gasteiger partial charge in [-0.3, -0.25) is 23.3 Å². The lowest BCUT2D eigenvalue weighted by Gasteiger charge is -2.36. The van der Waals surface area contributed by atoms with Crippen molar-refractivity contribution in [3.63, 3.8) is 0 Å². The molecule has 3 aliphatic rings. The topological polar surface area (TPSA) is 202 Å². The van der Waals surface area contributed by atoms with Gasteiger partial charge in [0.25, 0.3) is 11.8 Å². The van der Waals surface area contributed by atoms with Gasteiger partial charge < -0.3 is 46.3 Å². The highest BCUT2D eigenvalue weighted by Gasteiger charge is 2.33. The number of halogens is 4. The van der Waals surface area contributed by atoms with Crippen LogP contribution in [0.25, 0.3) is 11.0 Å². The van der Waals surface area contributed by atoms with Crippen molar-refractivity contribution in [3.8, 4) is 11.5 Å². The van der Waals surface area contributed by atoms with Gasteiger partial charge in [-0.05, 0) is 116 Å². The molecule has 0 bridgehead atoms. The van der Waals surface area contributed by atoms with E-state index in [9.17, 15) is 9.59 Å². The first kappa shape index (κ1) is 60.3. The monoisotopic (exact) mass is 1200 g/mol. The molecular weight excluding hydrogens is 1130 g/mol. The van der Waals surface area contributed by atoms with Crippen molar-refractivity contribution < 1.29 is 27.8 Å². The number of imidazole rings is 2. The Morgan fingerprint density at radius 2 is 1.05 bits per heavy atom. The summed E-state index contributed by atoms with van der Waals surface area (Å²) in [6.07, 6.45) is 8.77. The first-order chi connectivity index (χ1) is 40.6. The van der Waals surface area contributed by atoms with E-state index in [4.69, 9.17) is 54.1 Å². The molecule has 448 valence electrons. The zero-order chi connectivity index (χ0) is 60.5. The number of hydrogen-bond acceptors (Lipinski definition) is 14. The quantitative estimate of drug-likeness (QED) is 0.0711. The summed E-state index contributed by atoms with van der Waals surface area (Å²) in [5.74, 6) is -0.729. The molecule has 6 N–H and O–H groups in total. The van der Waals surface area contributed by atoms with Crippen LogP contribution in [-0.4, -0.2) is 129 Å². The molecular formula is C63H74Cl2F2N14O4. The van der Waals surface area contributed by atoms with Gasteiger partial charge in [-0.1, -0.05) is 49.2 Å². The summed E-state index contributed by atoms with van der Waals surface area (Å²) in [6.45, 7) is 23.6. The third-order valence-electron chi connectivity index (χ3n) is 15.9. The third kappa shape index (κ3) is 13.1. The van der Waals surface area contributed by atoms with Crippen molar-refractivity contribution in [2.45, 2.75) is 92.3 Å². The summed E-state index contributed by atoms with van der Waals surface area (Å²) < 4.78 is 47.5. The standard InChI is InChI=1S/C33H39ClFN7O2.C30H35ClFN7O2/c1-19(2)44-30-25(20(3)32-38-21(4)29-31(36)37-10-11-42(29)32)17-26(34)28(35)27(30)33(43)39-23-6-5-7-24(16-23)41-14-12-40(13-15-41)18-22-8-9-22;1-17(2)41-27-22(18(3)29-35-19(4)26-28(33)34-9-10-39(26)29)16-23(31)25(32)24(27)30(40)36-20-7-6-8-21(15-20)38-13-11-37(5)12-14-38/h5-7,10-11,16-17,19-20,22H,8-9,12-15,18H2,1-4H3,(H2,36,37)(H,39,43);6-10,15-18H,11-14H2,1-5H3,(H2,33,34)(H,36,40). The van der Waals surface area contributed by atoms with E-state index in [2.05, 4.69) is 47.2 Å². The van der Waals surface area contributed by atoms with E-state index in [1.807, 2.05) is 101 Å². The first-order valence-corrected chi connectivity index (χ1v) is 29.7. The number of amides is 2. The third-order valence-corrected chi connectivity index (χ3v) is 16.4. The predicted octanol–water partition coefficient (Wildman–Crippen LogP) is 11.5. The van der Waals surface area contributed by atoms with E-state index in [-0.39, 0.29) is 44.9 Å². The van der Waals surface area contributed by atoms with Crippen LogP contribution in [0.1, 0.15) is 121 Å². The number of carbonyl (C=O) groups excluding carboxylic acids is 2. The second-order valence-electron chi connectivity index (χ2n) is 22.9. The number of carbonyl (C=O) groups is 2. The highest BCUT2D eigenvalue weighted by Crippen LogP contribution is 2.43. The van der Waals surface area contributed by atoms with Gasteiger partial charge in [0.05, 0.1) is 33.6 Å². The van der Waals surface area contributed by atoms with Gasteiger partial charge in [0.2, 0.25) is 0 Å². The van der Waals surface area contributed by atoms with Crippen molar-refractivity contribution in [1.29, 1.82) is 0 Å². The maximum absolute atomic E-state index is 15.8. The average Bonchev–Trinajstić information content (AvgIpc) is 2.57. The minimum atomic E-state index is -0.844. The number of aryl methyl sites for hydroxylation is 2. The number of ether oxygens (including phenoxy) is 2. The molecule has 2 saturated heterocycles. The molecule has 3 fully saturated rings.